The number of ether oxygens (including phenoxy) is 3. The number of hydrogen-bond donors (Lipinski definition) is 0. The lowest BCUT2D eigenvalue weighted by Gasteiger charge is -2.19. The van der Waals surface area contributed by atoms with Crippen LogP contribution in [0.5, 0.6) is 5.75 Å². The van der Waals surface area contributed by atoms with E-state index in [0.717, 1.165) is 25.1 Å². The predicted molar refractivity (Wildman–Crippen MR) is 79.2 cm³/mol. The highest BCUT2D eigenvalue weighted by atomic mass is 19.1. The molecule has 1 aliphatic rings. The second-order valence-corrected chi connectivity index (χ2v) is 5.48. The minimum Gasteiger partial charge on any atom is -0.489 e. The van der Waals surface area contributed by atoms with E-state index in [2.05, 4.69) is 4.90 Å². The van der Waals surface area contributed by atoms with Crippen molar-refractivity contribution < 1.29 is 27.4 Å². The molecule has 0 aromatic heterocycles. The van der Waals surface area contributed by atoms with Crippen molar-refractivity contribution in [1.29, 1.82) is 0 Å². The molecule has 1 fully saturated rings. The summed E-state index contributed by atoms with van der Waals surface area (Å²) in [5.74, 6) is -1.42. The first-order valence-electron chi connectivity index (χ1n) is 7.58. The van der Waals surface area contributed by atoms with Gasteiger partial charge in [0.15, 0.2) is 6.29 Å². The molecule has 0 saturated carbocycles. The van der Waals surface area contributed by atoms with Crippen LogP contribution in [0.3, 0.4) is 0 Å². The van der Waals surface area contributed by atoms with Crippen molar-refractivity contribution in [1.82, 2.24) is 4.90 Å². The molecule has 7 heteroatoms. The Hall–Kier alpha value is -1.31. The molecule has 2 rings (SSSR count). The van der Waals surface area contributed by atoms with E-state index in [1.54, 1.807) is 0 Å². The molecule has 0 amide bonds. The minimum absolute atomic E-state index is 0.132. The summed E-state index contributed by atoms with van der Waals surface area (Å²) in [6, 6.07) is 2.27. The molecule has 0 N–H and O–H groups in total. The third-order valence-corrected chi connectivity index (χ3v) is 3.86. The zero-order valence-electron chi connectivity index (χ0n) is 13.4. The van der Waals surface area contributed by atoms with Gasteiger partial charge in [-0.05, 0) is 12.8 Å². The molecule has 130 valence electrons. The quantitative estimate of drug-likeness (QED) is 0.684. The number of likely N-dealkylation sites (tertiary alicyclic amines) is 1. The van der Waals surface area contributed by atoms with Crippen LogP contribution in [0.15, 0.2) is 12.1 Å². The van der Waals surface area contributed by atoms with E-state index >= 15 is 0 Å². The van der Waals surface area contributed by atoms with E-state index in [1.165, 1.54) is 14.2 Å². The van der Waals surface area contributed by atoms with Crippen LogP contribution >= 0.6 is 0 Å². The van der Waals surface area contributed by atoms with E-state index in [0.29, 0.717) is 19.5 Å². The Morgan fingerprint density at radius 2 is 1.87 bits per heavy atom. The largest absolute Gasteiger partial charge is 0.489 e. The van der Waals surface area contributed by atoms with Gasteiger partial charge in [-0.15, -0.1) is 0 Å². The molecule has 1 heterocycles. The monoisotopic (exact) mass is 333 g/mol. The van der Waals surface area contributed by atoms with Gasteiger partial charge in [0.2, 0.25) is 0 Å². The zero-order chi connectivity index (χ0) is 16.8. The SMILES string of the molecule is COC(OC)c1c(F)cc(OC2CCN(CCCF)C2)cc1F. The average Bonchev–Trinajstić information content (AvgIpc) is 2.96. The number of benzene rings is 1. The summed E-state index contributed by atoms with van der Waals surface area (Å²) in [7, 11) is 2.62. The number of nitrogens with zero attached hydrogens (tertiary/aromatic N) is 1. The smallest absolute Gasteiger partial charge is 0.188 e. The van der Waals surface area contributed by atoms with Crippen LogP contribution in [0.2, 0.25) is 0 Å². The lowest BCUT2D eigenvalue weighted by Crippen LogP contribution is -2.26. The highest BCUT2D eigenvalue weighted by Gasteiger charge is 2.26. The molecule has 0 bridgehead atoms. The van der Waals surface area contributed by atoms with Gasteiger partial charge in [-0.1, -0.05) is 0 Å². The summed E-state index contributed by atoms with van der Waals surface area (Å²) >= 11 is 0. The maximum Gasteiger partial charge on any atom is 0.188 e. The maximum absolute atomic E-state index is 14.1. The molecule has 1 aromatic carbocycles. The summed E-state index contributed by atoms with van der Waals surface area (Å²) in [6.07, 6.45) is -0.0255. The normalized spacial score (nSPS) is 18.8. The van der Waals surface area contributed by atoms with Gasteiger partial charge in [-0.25, -0.2) is 8.78 Å². The fourth-order valence-electron chi connectivity index (χ4n) is 2.76. The maximum atomic E-state index is 14.1. The first-order chi connectivity index (χ1) is 11.1. The lowest BCUT2D eigenvalue weighted by molar-refractivity contribution is -0.109. The number of halogens is 3. The fourth-order valence-corrected chi connectivity index (χ4v) is 2.76. The van der Waals surface area contributed by atoms with E-state index in [4.69, 9.17) is 14.2 Å². The Morgan fingerprint density at radius 3 is 2.43 bits per heavy atom. The highest BCUT2D eigenvalue weighted by molar-refractivity contribution is 5.31. The van der Waals surface area contributed by atoms with Crippen molar-refractivity contribution in [2.75, 3.05) is 40.5 Å². The van der Waals surface area contributed by atoms with Crippen molar-refractivity contribution in [2.45, 2.75) is 25.2 Å². The number of alkyl halides is 1. The van der Waals surface area contributed by atoms with Crippen molar-refractivity contribution >= 4 is 0 Å². The Morgan fingerprint density at radius 1 is 1.22 bits per heavy atom. The van der Waals surface area contributed by atoms with Crippen LogP contribution in [0.25, 0.3) is 0 Å². The molecular formula is C16H22F3NO3. The molecule has 1 unspecified atom stereocenters. The summed E-state index contributed by atoms with van der Waals surface area (Å²) in [6.45, 7) is 1.74. The van der Waals surface area contributed by atoms with Gasteiger partial charge < -0.3 is 14.2 Å². The average molecular weight is 333 g/mol. The molecule has 4 nitrogen and oxygen atoms in total. The Kier molecular flexibility index (Phi) is 6.68. The Balaban J connectivity index is 2.02. The van der Waals surface area contributed by atoms with Gasteiger partial charge in [0, 0.05) is 46.0 Å². The molecule has 1 aliphatic heterocycles. The summed E-state index contributed by atoms with van der Waals surface area (Å²) in [5, 5.41) is 0. The van der Waals surface area contributed by atoms with E-state index < -0.39 is 17.9 Å². The van der Waals surface area contributed by atoms with Crippen LogP contribution < -0.4 is 4.74 Å². The first kappa shape index (κ1) is 18.0. The third-order valence-electron chi connectivity index (χ3n) is 3.86. The van der Waals surface area contributed by atoms with Crippen LogP contribution in [-0.2, 0) is 9.47 Å². The molecule has 1 atom stereocenters. The summed E-state index contributed by atoms with van der Waals surface area (Å²) in [4.78, 5) is 2.08. The summed E-state index contributed by atoms with van der Waals surface area (Å²) in [5.41, 5.74) is -0.279. The number of methoxy groups -OCH3 is 2. The van der Waals surface area contributed by atoms with Crippen LogP contribution in [-0.4, -0.2) is 51.5 Å². The highest BCUT2D eigenvalue weighted by Crippen LogP contribution is 2.29. The standard InChI is InChI=1S/C16H22F3NO3/c1-21-16(22-2)15-13(18)8-12(9-14(15)19)23-11-4-7-20(10-11)6-3-5-17/h8-9,11,16H,3-7,10H2,1-2H3. The fraction of sp³-hybridized carbons (Fsp3) is 0.625. The van der Waals surface area contributed by atoms with Gasteiger partial charge in [0.25, 0.3) is 0 Å². The predicted octanol–water partition coefficient (Wildman–Crippen LogP) is 3.07. The number of hydrogen-bond acceptors (Lipinski definition) is 4. The van der Waals surface area contributed by atoms with Crippen molar-refractivity contribution in [2.24, 2.45) is 0 Å². The van der Waals surface area contributed by atoms with Gasteiger partial charge >= 0.3 is 0 Å². The lowest BCUT2D eigenvalue weighted by atomic mass is 10.1. The van der Waals surface area contributed by atoms with Crippen LogP contribution in [0.4, 0.5) is 13.2 Å². The Labute approximate surface area is 134 Å². The third kappa shape index (κ3) is 4.59. The molecule has 0 aliphatic carbocycles. The number of rotatable bonds is 8. The van der Waals surface area contributed by atoms with Gasteiger partial charge in [0.05, 0.1) is 12.2 Å². The molecule has 0 radical (unpaired) electrons. The first-order valence-corrected chi connectivity index (χ1v) is 7.58. The van der Waals surface area contributed by atoms with Gasteiger partial charge in [0.1, 0.15) is 23.5 Å². The molecule has 23 heavy (non-hydrogen) atoms. The van der Waals surface area contributed by atoms with Crippen LogP contribution in [0, 0.1) is 11.6 Å². The van der Waals surface area contributed by atoms with Gasteiger partial charge in [-0.2, -0.15) is 0 Å². The topological polar surface area (TPSA) is 30.9 Å². The van der Waals surface area contributed by atoms with E-state index in [-0.39, 0.29) is 24.1 Å². The van der Waals surface area contributed by atoms with Gasteiger partial charge in [-0.3, -0.25) is 9.29 Å². The second kappa shape index (κ2) is 8.52. The van der Waals surface area contributed by atoms with Crippen molar-refractivity contribution in [3.05, 3.63) is 29.3 Å². The van der Waals surface area contributed by atoms with Crippen LogP contribution in [0.1, 0.15) is 24.7 Å². The second-order valence-electron chi connectivity index (χ2n) is 5.48. The Bertz CT molecular complexity index is 488. The molecule has 1 saturated heterocycles. The molecule has 0 spiro atoms. The van der Waals surface area contributed by atoms with E-state index in [1.807, 2.05) is 0 Å². The molecular weight excluding hydrogens is 311 g/mol. The minimum atomic E-state index is -1.10. The van der Waals surface area contributed by atoms with Crippen molar-refractivity contribution in [3.63, 3.8) is 0 Å². The molecule has 1 aromatic rings. The zero-order valence-corrected chi connectivity index (χ0v) is 13.4. The summed E-state index contributed by atoms with van der Waals surface area (Å²) < 4.78 is 55.9. The van der Waals surface area contributed by atoms with Crippen molar-refractivity contribution in [3.8, 4) is 5.75 Å². The van der Waals surface area contributed by atoms with E-state index in [9.17, 15) is 13.2 Å².